The second-order valence-electron chi connectivity index (χ2n) is 4.12. The molecule has 0 aliphatic heterocycles. The van der Waals surface area contributed by atoms with Gasteiger partial charge in [0, 0.05) is 25.8 Å². The van der Waals surface area contributed by atoms with Gasteiger partial charge in [0.2, 0.25) is 0 Å². The van der Waals surface area contributed by atoms with Crippen molar-refractivity contribution in [2.75, 3.05) is 25.5 Å². The summed E-state index contributed by atoms with van der Waals surface area (Å²) < 4.78 is 0. The molecule has 0 aliphatic carbocycles. The van der Waals surface area contributed by atoms with Crippen molar-refractivity contribution in [2.45, 2.75) is 19.4 Å². The molecular formula is C14H22N2. The predicted octanol–water partition coefficient (Wildman–Crippen LogP) is 2.98. The monoisotopic (exact) mass is 218 g/mol. The molecule has 0 fully saturated rings. The van der Waals surface area contributed by atoms with E-state index in [9.17, 15) is 0 Å². The van der Waals surface area contributed by atoms with Crippen LogP contribution >= 0.6 is 0 Å². The lowest BCUT2D eigenvalue weighted by molar-refractivity contribution is 0.559. The Labute approximate surface area is 99.0 Å². The Morgan fingerprint density at radius 1 is 1.44 bits per heavy atom. The van der Waals surface area contributed by atoms with E-state index >= 15 is 0 Å². The van der Waals surface area contributed by atoms with Crippen molar-refractivity contribution in [1.29, 1.82) is 0 Å². The number of nitrogens with zero attached hydrogens (tertiary/aromatic N) is 1. The van der Waals surface area contributed by atoms with Crippen LogP contribution in [0.5, 0.6) is 0 Å². The van der Waals surface area contributed by atoms with E-state index in [1.807, 2.05) is 6.08 Å². The highest BCUT2D eigenvalue weighted by Crippen LogP contribution is 2.21. The minimum atomic E-state index is 0.377. The number of anilines is 1. The maximum Gasteiger partial charge on any atom is 0.0364 e. The molecule has 1 unspecified atom stereocenters. The lowest BCUT2D eigenvalue weighted by atomic mass is 10.0. The van der Waals surface area contributed by atoms with E-state index in [0.717, 1.165) is 13.0 Å². The highest BCUT2D eigenvalue weighted by atomic mass is 15.1. The first-order valence-corrected chi connectivity index (χ1v) is 5.80. The number of hydrogen-bond acceptors (Lipinski definition) is 2. The van der Waals surface area contributed by atoms with Gasteiger partial charge in [-0.15, -0.1) is 6.58 Å². The van der Waals surface area contributed by atoms with Crippen LogP contribution in [0.1, 0.15) is 24.9 Å². The van der Waals surface area contributed by atoms with Crippen molar-refractivity contribution in [3.05, 3.63) is 42.5 Å². The Hall–Kier alpha value is -1.28. The third-order valence-corrected chi connectivity index (χ3v) is 2.64. The Morgan fingerprint density at radius 2 is 2.19 bits per heavy atom. The van der Waals surface area contributed by atoms with Gasteiger partial charge in [-0.3, -0.25) is 0 Å². The molecule has 2 heteroatoms. The van der Waals surface area contributed by atoms with Crippen molar-refractivity contribution in [3.8, 4) is 0 Å². The third-order valence-electron chi connectivity index (χ3n) is 2.64. The third kappa shape index (κ3) is 3.38. The number of benzene rings is 1. The molecule has 1 atom stereocenters. The van der Waals surface area contributed by atoms with E-state index in [0.29, 0.717) is 6.04 Å². The van der Waals surface area contributed by atoms with Gasteiger partial charge >= 0.3 is 0 Å². The maximum atomic E-state index is 3.82. The molecule has 88 valence electrons. The molecule has 0 spiro atoms. The zero-order valence-electron chi connectivity index (χ0n) is 10.5. The molecule has 1 aromatic carbocycles. The van der Waals surface area contributed by atoms with Crippen molar-refractivity contribution < 1.29 is 0 Å². The molecule has 16 heavy (non-hydrogen) atoms. The minimum Gasteiger partial charge on any atom is -0.378 e. The molecule has 0 aromatic heterocycles. The molecule has 2 nitrogen and oxygen atoms in total. The van der Waals surface area contributed by atoms with E-state index in [2.05, 4.69) is 62.1 Å². The van der Waals surface area contributed by atoms with Gasteiger partial charge in [0.1, 0.15) is 0 Å². The van der Waals surface area contributed by atoms with Crippen LogP contribution in [0.4, 0.5) is 5.69 Å². The van der Waals surface area contributed by atoms with Crippen molar-refractivity contribution in [2.24, 2.45) is 0 Å². The van der Waals surface area contributed by atoms with Crippen LogP contribution in [0.2, 0.25) is 0 Å². The highest BCUT2D eigenvalue weighted by Gasteiger charge is 2.08. The predicted molar refractivity (Wildman–Crippen MR) is 72.0 cm³/mol. The lowest BCUT2D eigenvalue weighted by Gasteiger charge is -2.19. The van der Waals surface area contributed by atoms with Gasteiger partial charge in [0.15, 0.2) is 0 Å². The molecule has 0 saturated heterocycles. The lowest BCUT2D eigenvalue weighted by Crippen LogP contribution is -2.20. The first kappa shape index (κ1) is 12.8. The summed E-state index contributed by atoms with van der Waals surface area (Å²) in [7, 11) is 4.13. The Bertz CT molecular complexity index is 331. The van der Waals surface area contributed by atoms with Crippen molar-refractivity contribution in [1.82, 2.24) is 5.32 Å². The first-order chi connectivity index (χ1) is 7.69. The van der Waals surface area contributed by atoms with E-state index in [1.54, 1.807) is 0 Å². The van der Waals surface area contributed by atoms with E-state index in [-0.39, 0.29) is 0 Å². The average molecular weight is 218 g/mol. The molecule has 0 bridgehead atoms. The summed E-state index contributed by atoms with van der Waals surface area (Å²) in [6.07, 6.45) is 2.93. The molecule has 0 radical (unpaired) electrons. The molecular weight excluding hydrogens is 196 g/mol. The van der Waals surface area contributed by atoms with Crippen LogP contribution in [-0.4, -0.2) is 20.6 Å². The summed E-state index contributed by atoms with van der Waals surface area (Å²) in [5.41, 5.74) is 2.57. The van der Waals surface area contributed by atoms with Crippen LogP contribution < -0.4 is 10.2 Å². The fourth-order valence-electron chi connectivity index (χ4n) is 1.77. The summed E-state index contributed by atoms with van der Waals surface area (Å²) in [4.78, 5) is 2.13. The zero-order valence-corrected chi connectivity index (χ0v) is 10.5. The second kappa shape index (κ2) is 6.33. The minimum absolute atomic E-state index is 0.377. The summed E-state index contributed by atoms with van der Waals surface area (Å²) >= 11 is 0. The molecule has 0 aliphatic rings. The van der Waals surface area contributed by atoms with E-state index in [1.165, 1.54) is 11.3 Å². The topological polar surface area (TPSA) is 15.3 Å². The fourth-order valence-corrected chi connectivity index (χ4v) is 1.77. The molecule has 0 saturated carbocycles. The summed E-state index contributed by atoms with van der Waals surface area (Å²) in [5.74, 6) is 0. The molecule has 0 heterocycles. The van der Waals surface area contributed by atoms with Crippen molar-refractivity contribution >= 4 is 5.69 Å². The largest absolute Gasteiger partial charge is 0.378 e. The van der Waals surface area contributed by atoms with Gasteiger partial charge in [-0.25, -0.2) is 0 Å². The Balaban J connectivity index is 2.90. The van der Waals surface area contributed by atoms with Crippen LogP contribution in [0, 0.1) is 0 Å². The molecule has 0 amide bonds. The van der Waals surface area contributed by atoms with Crippen LogP contribution in [0.15, 0.2) is 36.9 Å². The molecule has 1 aromatic rings. The van der Waals surface area contributed by atoms with Gasteiger partial charge in [-0.2, -0.15) is 0 Å². The fraction of sp³-hybridized carbons (Fsp3) is 0.429. The molecule has 1 N–H and O–H groups in total. The highest BCUT2D eigenvalue weighted by molar-refractivity contribution is 5.47. The van der Waals surface area contributed by atoms with E-state index in [4.69, 9.17) is 0 Å². The molecule has 1 rings (SSSR count). The normalized spacial score (nSPS) is 12.2. The summed E-state index contributed by atoms with van der Waals surface area (Å²) in [5, 5.41) is 3.48. The van der Waals surface area contributed by atoms with Gasteiger partial charge in [-0.1, -0.05) is 25.1 Å². The van der Waals surface area contributed by atoms with Crippen LogP contribution in [0.25, 0.3) is 0 Å². The van der Waals surface area contributed by atoms with Crippen molar-refractivity contribution in [3.63, 3.8) is 0 Å². The van der Waals surface area contributed by atoms with Gasteiger partial charge in [0.05, 0.1) is 0 Å². The quantitative estimate of drug-likeness (QED) is 0.738. The van der Waals surface area contributed by atoms with Gasteiger partial charge < -0.3 is 10.2 Å². The number of hydrogen-bond donors (Lipinski definition) is 1. The SMILES string of the molecule is C=CCC(NCC)c1cccc(N(C)C)c1. The van der Waals surface area contributed by atoms with Gasteiger partial charge in [-0.05, 0) is 30.7 Å². The number of nitrogens with one attached hydrogen (secondary N) is 1. The maximum absolute atomic E-state index is 3.82. The Kier molecular flexibility index (Phi) is 5.06. The second-order valence-corrected chi connectivity index (χ2v) is 4.12. The van der Waals surface area contributed by atoms with Crippen LogP contribution in [0.3, 0.4) is 0 Å². The summed E-state index contributed by atoms with van der Waals surface area (Å²) in [6, 6.07) is 9.02. The van der Waals surface area contributed by atoms with E-state index < -0.39 is 0 Å². The first-order valence-electron chi connectivity index (χ1n) is 5.80. The average Bonchev–Trinajstić information content (AvgIpc) is 2.29. The van der Waals surface area contributed by atoms with Gasteiger partial charge in [0.25, 0.3) is 0 Å². The Morgan fingerprint density at radius 3 is 2.75 bits per heavy atom. The smallest absolute Gasteiger partial charge is 0.0364 e. The summed E-state index contributed by atoms with van der Waals surface area (Å²) in [6.45, 7) is 6.92. The number of rotatable bonds is 6. The zero-order chi connectivity index (χ0) is 12.0. The van der Waals surface area contributed by atoms with Crippen LogP contribution in [-0.2, 0) is 0 Å². The standard InChI is InChI=1S/C14H22N2/c1-5-8-14(15-6-2)12-9-7-10-13(11-12)16(3)4/h5,7,9-11,14-15H,1,6,8H2,2-4H3.